The molecule has 4 heteroatoms. The van der Waals surface area contributed by atoms with Crippen LogP contribution in [-0.4, -0.2) is 33.0 Å². The molecule has 0 saturated heterocycles. The van der Waals surface area contributed by atoms with Gasteiger partial charge in [-0.3, -0.25) is 0 Å². The quantitative estimate of drug-likeness (QED) is 0.746. The van der Waals surface area contributed by atoms with E-state index in [2.05, 4.69) is 19.2 Å². The molecule has 1 saturated carbocycles. The van der Waals surface area contributed by atoms with Gasteiger partial charge in [-0.2, -0.15) is 0 Å². The predicted octanol–water partition coefficient (Wildman–Crippen LogP) is 2.23. The van der Waals surface area contributed by atoms with E-state index in [0.29, 0.717) is 11.8 Å². The third-order valence-corrected chi connectivity index (χ3v) is 5.74. The minimum absolute atomic E-state index is 0.0807. The van der Waals surface area contributed by atoms with Crippen molar-refractivity contribution in [1.82, 2.24) is 5.32 Å². The maximum Gasteiger partial charge on any atom is 0.150 e. The SMILES string of the molecule is CCNCCC(C)C1CCCC(S(C)(=O)=O)C1. The first kappa shape index (κ1) is 15.0. The third-order valence-electron chi connectivity index (χ3n) is 4.10. The molecule has 1 rings (SSSR count). The molecule has 0 bridgehead atoms. The Kier molecular flexibility index (Phi) is 5.93. The van der Waals surface area contributed by atoms with Crippen LogP contribution >= 0.6 is 0 Å². The van der Waals surface area contributed by atoms with Crippen LogP contribution < -0.4 is 5.32 Å². The van der Waals surface area contributed by atoms with Crippen LogP contribution in [0.5, 0.6) is 0 Å². The zero-order valence-electron chi connectivity index (χ0n) is 11.4. The number of rotatable bonds is 6. The molecule has 1 aliphatic rings. The zero-order chi connectivity index (χ0) is 12.9. The molecule has 3 unspecified atom stereocenters. The topological polar surface area (TPSA) is 46.2 Å². The van der Waals surface area contributed by atoms with Crippen molar-refractivity contribution >= 4 is 9.84 Å². The molecule has 0 heterocycles. The Labute approximate surface area is 106 Å². The van der Waals surface area contributed by atoms with E-state index in [-0.39, 0.29) is 5.25 Å². The second-order valence-electron chi connectivity index (χ2n) is 5.50. The van der Waals surface area contributed by atoms with E-state index >= 15 is 0 Å². The molecule has 0 aromatic heterocycles. The first-order chi connectivity index (χ1) is 7.95. The van der Waals surface area contributed by atoms with Gasteiger partial charge in [0.05, 0.1) is 5.25 Å². The average molecular weight is 261 g/mol. The molecule has 3 nitrogen and oxygen atoms in total. The summed E-state index contributed by atoms with van der Waals surface area (Å²) in [6, 6.07) is 0. The molecule has 102 valence electrons. The molecular formula is C13H27NO2S. The monoisotopic (exact) mass is 261 g/mol. The Morgan fingerprint density at radius 2 is 2.06 bits per heavy atom. The summed E-state index contributed by atoms with van der Waals surface area (Å²) in [5, 5.41) is 3.26. The minimum Gasteiger partial charge on any atom is -0.317 e. The lowest BCUT2D eigenvalue weighted by molar-refractivity contribution is 0.252. The molecule has 0 amide bonds. The van der Waals surface area contributed by atoms with Crippen molar-refractivity contribution in [1.29, 1.82) is 0 Å². The van der Waals surface area contributed by atoms with Gasteiger partial charge >= 0.3 is 0 Å². The molecule has 17 heavy (non-hydrogen) atoms. The Balaban J connectivity index is 2.43. The summed E-state index contributed by atoms with van der Waals surface area (Å²) in [4.78, 5) is 0. The average Bonchev–Trinajstić information content (AvgIpc) is 2.28. The van der Waals surface area contributed by atoms with Gasteiger partial charge in [-0.05, 0) is 44.2 Å². The highest BCUT2D eigenvalue weighted by Gasteiger charge is 2.31. The highest BCUT2D eigenvalue weighted by atomic mass is 32.2. The summed E-state index contributed by atoms with van der Waals surface area (Å²) in [7, 11) is -2.83. The van der Waals surface area contributed by atoms with E-state index in [0.717, 1.165) is 38.8 Å². The van der Waals surface area contributed by atoms with Crippen LogP contribution in [0.2, 0.25) is 0 Å². The van der Waals surface area contributed by atoms with E-state index in [9.17, 15) is 8.42 Å². The highest BCUT2D eigenvalue weighted by molar-refractivity contribution is 7.91. The second-order valence-corrected chi connectivity index (χ2v) is 7.82. The minimum atomic E-state index is -2.83. The van der Waals surface area contributed by atoms with Gasteiger partial charge in [-0.15, -0.1) is 0 Å². The smallest absolute Gasteiger partial charge is 0.150 e. The predicted molar refractivity (Wildman–Crippen MR) is 72.9 cm³/mol. The van der Waals surface area contributed by atoms with Crippen molar-refractivity contribution in [2.24, 2.45) is 11.8 Å². The van der Waals surface area contributed by atoms with Gasteiger partial charge in [0, 0.05) is 6.26 Å². The number of nitrogens with one attached hydrogen (secondary N) is 1. The molecule has 0 radical (unpaired) electrons. The van der Waals surface area contributed by atoms with Gasteiger partial charge in [0.25, 0.3) is 0 Å². The van der Waals surface area contributed by atoms with Crippen molar-refractivity contribution in [2.75, 3.05) is 19.3 Å². The first-order valence-corrected chi connectivity index (χ1v) is 8.80. The van der Waals surface area contributed by atoms with E-state index in [1.54, 1.807) is 0 Å². The van der Waals surface area contributed by atoms with Gasteiger partial charge in [-0.1, -0.05) is 26.7 Å². The molecule has 1 aliphatic carbocycles. The number of hydrogen-bond acceptors (Lipinski definition) is 3. The van der Waals surface area contributed by atoms with Crippen LogP contribution in [0.15, 0.2) is 0 Å². The van der Waals surface area contributed by atoms with Gasteiger partial charge in [0.1, 0.15) is 9.84 Å². The molecule has 1 fully saturated rings. The standard InChI is InChI=1S/C13H27NO2S/c1-4-14-9-8-11(2)12-6-5-7-13(10-12)17(3,15)16/h11-14H,4-10H2,1-3H3. The summed E-state index contributed by atoms with van der Waals surface area (Å²) >= 11 is 0. The van der Waals surface area contributed by atoms with Gasteiger partial charge in [0.2, 0.25) is 0 Å². The fourth-order valence-corrected chi connectivity index (χ4v) is 4.02. The van der Waals surface area contributed by atoms with E-state index in [4.69, 9.17) is 0 Å². The first-order valence-electron chi connectivity index (χ1n) is 6.84. The number of sulfone groups is 1. The molecule has 0 aromatic carbocycles. The highest BCUT2D eigenvalue weighted by Crippen LogP contribution is 2.34. The Bertz CT molecular complexity index is 313. The van der Waals surface area contributed by atoms with Crippen LogP contribution in [-0.2, 0) is 9.84 Å². The lowest BCUT2D eigenvalue weighted by atomic mass is 9.79. The Hall–Kier alpha value is -0.0900. The van der Waals surface area contributed by atoms with Crippen molar-refractivity contribution < 1.29 is 8.42 Å². The fraction of sp³-hybridized carbons (Fsp3) is 1.00. The zero-order valence-corrected chi connectivity index (χ0v) is 12.2. The molecule has 0 spiro atoms. The van der Waals surface area contributed by atoms with E-state index in [1.165, 1.54) is 12.7 Å². The number of hydrogen-bond donors (Lipinski definition) is 1. The van der Waals surface area contributed by atoms with Gasteiger partial charge in [0.15, 0.2) is 0 Å². The summed E-state index contributed by atoms with van der Waals surface area (Å²) in [5.74, 6) is 1.24. The summed E-state index contributed by atoms with van der Waals surface area (Å²) < 4.78 is 23.2. The molecular weight excluding hydrogens is 234 g/mol. The lowest BCUT2D eigenvalue weighted by Crippen LogP contribution is -2.31. The van der Waals surface area contributed by atoms with E-state index < -0.39 is 9.84 Å². The summed E-state index contributed by atoms with van der Waals surface area (Å²) in [6.45, 7) is 6.46. The summed E-state index contributed by atoms with van der Waals surface area (Å²) in [6.07, 6.45) is 6.59. The van der Waals surface area contributed by atoms with Crippen LogP contribution in [0.25, 0.3) is 0 Å². The second kappa shape index (κ2) is 6.74. The van der Waals surface area contributed by atoms with Crippen LogP contribution in [0.3, 0.4) is 0 Å². The third kappa shape index (κ3) is 4.96. The fourth-order valence-electron chi connectivity index (χ4n) is 2.83. The normalized spacial score (nSPS) is 27.9. The Morgan fingerprint density at radius 1 is 1.35 bits per heavy atom. The maximum atomic E-state index is 11.6. The summed E-state index contributed by atoms with van der Waals surface area (Å²) in [5.41, 5.74) is 0. The molecule has 0 aromatic rings. The van der Waals surface area contributed by atoms with Crippen LogP contribution in [0.4, 0.5) is 0 Å². The van der Waals surface area contributed by atoms with Crippen molar-refractivity contribution in [3.8, 4) is 0 Å². The lowest BCUT2D eigenvalue weighted by Gasteiger charge is -2.32. The van der Waals surface area contributed by atoms with Crippen molar-refractivity contribution in [3.63, 3.8) is 0 Å². The van der Waals surface area contributed by atoms with Crippen molar-refractivity contribution in [2.45, 2.75) is 51.2 Å². The molecule has 1 N–H and O–H groups in total. The Morgan fingerprint density at radius 3 is 2.65 bits per heavy atom. The van der Waals surface area contributed by atoms with Crippen LogP contribution in [0.1, 0.15) is 46.0 Å². The molecule has 0 aliphatic heterocycles. The molecule has 3 atom stereocenters. The largest absolute Gasteiger partial charge is 0.317 e. The van der Waals surface area contributed by atoms with Crippen molar-refractivity contribution in [3.05, 3.63) is 0 Å². The maximum absolute atomic E-state index is 11.6. The van der Waals surface area contributed by atoms with Gasteiger partial charge < -0.3 is 5.32 Å². The van der Waals surface area contributed by atoms with E-state index in [1.807, 2.05) is 0 Å². The van der Waals surface area contributed by atoms with Crippen LogP contribution in [0, 0.1) is 11.8 Å². The van der Waals surface area contributed by atoms with Gasteiger partial charge in [-0.25, -0.2) is 8.42 Å².